The topological polar surface area (TPSA) is 80.3 Å². The number of nitrogens with one attached hydrogen (secondary N) is 1. The number of thiocarbonyl (C=S) groups is 1. The lowest BCUT2D eigenvalue weighted by Crippen LogP contribution is -2.50. The van der Waals surface area contributed by atoms with Gasteiger partial charge in [0.15, 0.2) is 16.3 Å². The minimum Gasteiger partial charge on any atom is -0.345 e. The number of rotatable bonds is 4. The van der Waals surface area contributed by atoms with Crippen LogP contribution in [0, 0.1) is 20.8 Å². The van der Waals surface area contributed by atoms with Gasteiger partial charge in [-0.3, -0.25) is 18.5 Å². The molecule has 0 unspecified atom stereocenters. The zero-order chi connectivity index (χ0) is 27.1. The summed E-state index contributed by atoms with van der Waals surface area (Å²) in [6, 6.07) is 14.5. The number of hydrogen-bond donors (Lipinski definition) is 1. The van der Waals surface area contributed by atoms with Gasteiger partial charge in [-0.2, -0.15) is 4.98 Å². The zero-order valence-corrected chi connectivity index (χ0v) is 23.3. The number of aryl methyl sites for hydroxylation is 4. The maximum atomic E-state index is 13.3. The molecule has 5 rings (SSSR count). The molecule has 4 aromatic rings. The van der Waals surface area contributed by atoms with Gasteiger partial charge in [-0.25, -0.2) is 4.79 Å². The van der Waals surface area contributed by atoms with Crippen molar-refractivity contribution in [2.75, 3.05) is 36.4 Å². The summed E-state index contributed by atoms with van der Waals surface area (Å²) in [5.41, 5.74) is 5.68. The molecule has 0 bridgehead atoms. The van der Waals surface area contributed by atoms with Crippen LogP contribution < -0.4 is 21.5 Å². The maximum absolute atomic E-state index is 13.3. The Morgan fingerprint density at radius 3 is 2.26 bits per heavy atom. The highest BCUT2D eigenvalue weighted by atomic mass is 32.1. The van der Waals surface area contributed by atoms with E-state index in [2.05, 4.69) is 53.2 Å². The van der Waals surface area contributed by atoms with Crippen LogP contribution in [-0.2, 0) is 20.6 Å². The second-order valence-electron chi connectivity index (χ2n) is 10.1. The number of benzene rings is 2. The number of imidazole rings is 1. The second-order valence-corrected chi connectivity index (χ2v) is 10.5. The van der Waals surface area contributed by atoms with Crippen molar-refractivity contribution in [3.63, 3.8) is 0 Å². The van der Waals surface area contributed by atoms with Crippen LogP contribution in [0.2, 0.25) is 0 Å². The highest BCUT2D eigenvalue weighted by Crippen LogP contribution is 2.23. The molecule has 1 aliphatic rings. The van der Waals surface area contributed by atoms with E-state index in [4.69, 9.17) is 17.2 Å². The molecule has 9 nitrogen and oxygen atoms in total. The van der Waals surface area contributed by atoms with E-state index in [9.17, 15) is 9.59 Å². The Morgan fingerprint density at radius 2 is 1.61 bits per heavy atom. The number of piperazine rings is 1. The molecule has 0 radical (unpaired) electrons. The van der Waals surface area contributed by atoms with E-state index in [0.29, 0.717) is 54.9 Å². The summed E-state index contributed by atoms with van der Waals surface area (Å²) in [7, 11) is 3.17. The van der Waals surface area contributed by atoms with Crippen molar-refractivity contribution in [2.24, 2.45) is 14.1 Å². The second kappa shape index (κ2) is 10.1. The molecule has 0 aliphatic carbocycles. The summed E-state index contributed by atoms with van der Waals surface area (Å²) in [6.07, 6.45) is 0. The van der Waals surface area contributed by atoms with Gasteiger partial charge >= 0.3 is 5.69 Å². The van der Waals surface area contributed by atoms with Gasteiger partial charge in [0.1, 0.15) is 0 Å². The Labute approximate surface area is 226 Å². The van der Waals surface area contributed by atoms with Crippen LogP contribution >= 0.6 is 12.2 Å². The number of nitrogens with zero attached hydrogens (tertiary/aromatic N) is 6. The Morgan fingerprint density at radius 1 is 0.921 bits per heavy atom. The van der Waals surface area contributed by atoms with E-state index in [1.807, 2.05) is 29.7 Å². The van der Waals surface area contributed by atoms with Crippen LogP contribution in [0.4, 0.5) is 11.6 Å². The minimum absolute atomic E-state index is 0.341. The molecule has 0 atom stereocenters. The third kappa shape index (κ3) is 4.83. The SMILES string of the molecule is Cc1cccc(Cn2c(N3CCN(C(=S)Nc4cc(C)cc(C)c4)CC3)nc3c2c(=O)n(C)c(=O)n3C)c1. The summed E-state index contributed by atoms with van der Waals surface area (Å²) in [5, 5.41) is 4.08. The average Bonchev–Trinajstić information content (AvgIpc) is 3.25. The fourth-order valence-electron chi connectivity index (χ4n) is 5.18. The van der Waals surface area contributed by atoms with E-state index in [-0.39, 0.29) is 11.2 Å². The number of aromatic nitrogens is 4. The highest BCUT2D eigenvalue weighted by Gasteiger charge is 2.26. The van der Waals surface area contributed by atoms with Crippen LogP contribution in [0.15, 0.2) is 52.1 Å². The first-order chi connectivity index (χ1) is 18.1. The van der Waals surface area contributed by atoms with Crippen LogP contribution in [0.5, 0.6) is 0 Å². The average molecular weight is 532 g/mol. The van der Waals surface area contributed by atoms with Crippen molar-refractivity contribution in [2.45, 2.75) is 27.3 Å². The van der Waals surface area contributed by atoms with Gasteiger partial charge in [-0.1, -0.05) is 35.9 Å². The predicted octanol–water partition coefficient (Wildman–Crippen LogP) is 2.93. The van der Waals surface area contributed by atoms with Crippen LogP contribution in [0.25, 0.3) is 11.2 Å². The molecule has 10 heteroatoms. The molecule has 1 fully saturated rings. The van der Waals surface area contributed by atoms with Crippen molar-refractivity contribution in [1.82, 2.24) is 23.6 Å². The van der Waals surface area contributed by atoms with Gasteiger partial charge in [0.25, 0.3) is 5.56 Å². The quantitative estimate of drug-likeness (QED) is 0.406. The third-order valence-corrected chi connectivity index (χ3v) is 7.43. The first-order valence-corrected chi connectivity index (χ1v) is 13.1. The van der Waals surface area contributed by atoms with Gasteiger partial charge in [-0.05, 0) is 61.8 Å². The van der Waals surface area contributed by atoms with Gasteiger partial charge in [0.2, 0.25) is 5.95 Å². The third-order valence-electron chi connectivity index (χ3n) is 7.07. The molecule has 198 valence electrons. The van der Waals surface area contributed by atoms with E-state index in [1.165, 1.54) is 22.7 Å². The molecular formula is C28H33N7O2S. The highest BCUT2D eigenvalue weighted by molar-refractivity contribution is 7.80. The Kier molecular flexibility index (Phi) is 6.83. The Hall–Kier alpha value is -3.92. The number of fused-ring (bicyclic) bond motifs is 1. The standard InChI is InChI=1S/C28H33N7O2S/c1-18-7-6-8-21(14-18)17-35-23-24(31(4)28(37)32(5)25(23)36)30-26(35)33-9-11-34(12-10-33)27(38)29-22-15-19(2)13-20(3)16-22/h6-8,13-16H,9-12,17H2,1-5H3,(H,29,38). The van der Waals surface area contributed by atoms with Crippen molar-refractivity contribution < 1.29 is 0 Å². The summed E-state index contributed by atoms with van der Waals surface area (Å²) in [5.74, 6) is 0.688. The molecule has 0 amide bonds. The van der Waals surface area contributed by atoms with E-state index >= 15 is 0 Å². The summed E-state index contributed by atoms with van der Waals surface area (Å²) >= 11 is 5.73. The van der Waals surface area contributed by atoms with Crippen molar-refractivity contribution >= 4 is 40.1 Å². The van der Waals surface area contributed by atoms with Gasteiger partial charge < -0.3 is 15.1 Å². The molecular weight excluding hydrogens is 498 g/mol. The van der Waals surface area contributed by atoms with Gasteiger partial charge in [0, 0.05) is 46.0 Å². The first-order valence-electron chi connectivity index (χ1n) is 12.7. The number of hydrogen-bond acceptors (Lipinski definition) is 5. The molecule has 1 aliphatic heterocycles. The fourth-order valence-corrected chi connectivity index (χ4v) is 5.48. The molecule has 2 aromatic carbocycles. The lowest BCUT2D eigenvalue weighted by Gasteiger charge is -2.37. The summed E-state index contributed by atoms with van der Waals surface area (Å²) < 4.78 is 4.55. The van der Waals surface area contributed by atoms with Crippen molar-refractivity contribution in [3.05, 3.63) is 85.6 Å². The monoisotopic (exact) mass is 531 g/mol. The maximum Gasteiger partial charge on any atom is 0.332 e. The van der Waals surface area contributed by atoms with Crippen LogP contribution in [0.3, 0.4) is 0 Å². The van der Waals surface area contributed by atoms with Crippen LogP contribution in [-0.4, -0.2) is 54.9 Å². The Balaban J connectivity index is 1.45. The Bertz CT molecular complexity index is 1640. The first kappa shape index (κ1) is 25.7. The van der Waals surface area contributed by atoms with E-state index < -0.39 is 0 Å². The molecule has 3 heterocycles. The fraction of sp³-hybridized carbons (Fsp3) is 0.357. The molecule has 2 aromatic heterocycles. The van der Waals surface area contributed by atoms with Gasteiger partial charge in [-0.15, -0.1) is 0 Å². The summed E-state index contributed by atoms with van der Waals surface area (Å²) in [6.45, 7) is 9.46. The smallest absolute Gasteiger partial charge is 0.332 e. The molecule has 0 spiro atoms. The van der Waals surface area contributed by atoms with Crippen LogP contribution in [0.1, 0.15) is 22.3 Å². The zero-order valence-electron chi connectivity index (χ0n) is 22.5. The molecule has 0 saturated carbocycles. The largest absolute Gasteiger partial charge is 0.345 e. The summed E-state index contributed by atoms with van der Waals surface area (Å²) in [4.78, 5) is 35.1. The van der Waals surface area contributed by atoms with Gasteiger partial charge in [0.05, 0.1) is 6.54 Å². The number of anilines is 2. The minimum atomic E-state index is -0.387. The molecule has 1 saturated heterocycles. The van der Waals surface area contributed by atoms with E-state index in [0.717, 1.165) is 21.4 Å². The lowest BCUT2D eigenvalue weighted by molar-refractivity contribution is 0.386. The van der Waals surface area contributed by atoms with Crippen molar-refractivity contribution in [3.8, 4) is 0 Å². The lowest BCUT2D eigenvalue weighted by atomic mass is 10.1. The predicted molar refractivity (Wildman–Crippen MR) is 156 cm³/mol. The van der Waals surface area contributed by atoms with E-state index in [1.54, 1.807) is 7.05 Å². The normalized spacial score (nSPS) is 13.8. The van der Waals surface area contributed by atoms with Crippen molar-refractivity contribution in [1.29, 1.82) is 0 Å². The molecule has 1 N–H and O–H groups in total. The molecule has 38 heavy (non-hydrogen) atoms.